The number of carbonyl (C=O) groups excluding carboxylic acids is 1. The van der Waals surface area contributed by atoms with Crippen molar-refractivity contribution in [2.45, 2.75) is 39.2 Å². The average Bonchev–Trinajstić information content (AvgIpc) is 2.38. The highest BCUT2D eigenvalue weighted by molar-refractivity contribution is 5.77. The van der Waals surface area contributed by atoms with Gasteiger partial charge in [0.1, 0.15) is 0 Å². The number of rotatable bonds is 9. The van der Waals surface area contributed by atoms with E-state index < -0.39 is 0 Å². The molecule has 0 aromatic rings. The van der Waals surface area contributed by atoms with Crippen LogP contribution >= 0.6 is 0 Å². The lowest BCUT2D eigenvalue weighted by molar-refractivity contribution is -0.122. The van der Waals surface area contributed by atoms with Crippen molar-refractivity contribution in [3.8, 4) is 0 Å². The minimum atomic E-state index is 0.112. The molecule has 1 aliphatic heterocycles. The Morgan fingerprint density at radius 1 is 1.50 bits per heavy atom. The molecule has 1 amide bonds. The van der Waals surface area contributed by atoms with Gasteiger partial charge in [0.2, 0.25) is 5.91 Å². The molecule has 5 nitrogen and oxygen atoms in total. The fraction of sp³-hybridized carbons (Fsp3) is 0.933. The van der Waals surface area contributed by atoms with Gasteiger partial charge in [-0.15, -0.1) is 0 Å². The Hall–Kier alpha value is -0.650. The van der Waals surface area contributed by atoms with E-state index in [9.17, 15) is 4.79 Å². The molecule has 0 saturated carbocycles. The van der Waals surface area contributed by atoms with Crippen molar-refractivity contribution in [1.29, 1.82) is 0 Å². The number of hydrogen-bond donors (Lipinski definition) is 2. The van der Waals surface area contributed by atoms with Gasteiger partial charge in [0.05, 0.1) is 12.6 Å². The number of nitrogens with zero attached hydrogens (tertiary/aromatic N) is 1. The predicted molar refractivity (Wildman–Crippen MR) is 81.8 cm³/mol. The number of piperidine rings is 1. The molecular weight excluding hydrogens is 254 g/mol. The van der Waals surface area contributed by atoms with Crippen LogP contribution in [0.4, 0.5) is 0 Å². The highest BCUT2D eigenvalue weighted by Gasteiger charge is 2.16. The molecule has 20 heavy (non-hydrogen) atoms. The first kappa shape index (κ1) is 17.4. The second-order valence-corrected chi connectivity index (χ2v) is 6.03. The summed E-state index contributed by atoms with van der Waals surface area (Å²) in [6.07, 6.45) is 3.66. The van der Waals surface area contributed by atoms with Crippen molar-refractivity contribution in [3.63, 3.8) is 0 Å². The van der Waals surface area contributed by atoms with Gasteiger partial charge < -0.3 is 15.4 Å². The highest BCUT2D eigenvalue weighted by Crippen LogP contribution is 2.10. The number of amides is 1. The minimum absolute atomic E-state index is 0.112. The van der Waals surface area contributed by atoms with Gasteiger partial charge in [-0.25, -0.2) is 0 Å². The van der Waals surface area contributed by atoms with Crippen LogP contribution in [0.2, 0.25) is 0 Å². The van der Waals surface area contributed by atoms with Crippen molar-refractivity contribution < 1.29 is 9.53 Å². The third-order valence-electron chi connectivity index (χ3n) is 3.48. The van der Waals surface area contributed by atoms with E-state index in [1.165, 1.54) is 12.8 Å². The van der Waals surface area contributed by atoms with Crippen LogP contribution < -0.4 is 10.6 Å². The van der Waals surface area contributed by atoms with Gasteiger partial charge in [0.25, 0.3) is 0 Å². The lowest BCUT2D eigenvalue weighted by Crippen LogP contribution is -2.41. The minimum Gasteiger partial charge on any atom is -0.379 e. The summed E-state index contributed by atoms with van der Waals surface area (Å²) >= 11 is 0. The first-order valence-electron chi connectivity index (χ1n) is 7.85. The zero-order chi connectivity index (χ0) is 14.8. The molecule has 5 heteroatoms. The first-order valence-corrected chi connectivity index (χ1v) is 7.85. The van der Waals surface area contributed by atoms with Gasteiger partial charge in [-0.1, -0.05) is 0 Å². The third-order valence-corrected chi connectivity index (χ3v) is 3.48. The summed E-state index contributed by atoms with van der Waals surface area (Å²) in [6, 6.07) is 0. The molecule has 1 heterocycles. The van der Waals surface area contributed by atoms with E-state index in [4.69, 9.17) is 4.74 Å². The first-order chi connectivity index (χ1) is 9.58. The topological polar surface area (TPSA) is 53.6 Å². The molecule has 1 fully saturated rings. The largest absolute Gasteiger partial charge is 0.379 e. The Balaban J connectivity index is 2.02. The smallest absolute Gasteiger partial charge is 0.234 e. The Morgan fingerprint density at radius 3 is 2.95 bits per heavy atom. The van der Waals surface area contributed by atoms with Gasteiger partial charge in [-0.05, 0) is 59.2 Å². The predicted octanol–water partition coefficient (Wildman–Crippen LogP) is 0.849. The number of nitrogens with one attached hydrogen (secondary N) is 2. The molecule has 1 aliphatic rings. The molecule has 1 atom stereocenters. The summed E-state index contributed by atoms with van der Waals surface area (Å²) in [5.74, 6) is 0.793. The zero-order valence-electron chi connectivity index (χ0n) is 13.3. The molecule has 1 unspecified atom stereocenters. The third kappa shape index (κ3) is 8.51. The lowest BCUT2D eigenvalue weighted by Gasteiger charge is -2.27. The number of carbonyl (C=O) groups is 1. The summed E-state index contributed by atoms with van der Waals surface area (Å²) in [7, 11) is 2.02. The molecule has 0 aliphatic carbocycles. The normalized spacial score (nSPS) is 19.6. The number of likely N-dealkylation sites (N-methyl/N-ethyl adjacent to an activating group) is 1. The summed E-state index contributed by atoms with van der Waals surface area (Å²) in [5, 5.41) is 6.36. The van der Waals surface area contributed by atoms with E-state index in [0.717, 1.165) is 26.1 Å². The quantitative estimate of drug-likeness (QED) is 0.617. The zero-order valence-corrected chi connectivity index (χ0v) is 13.3. The van der Waals surface area contributed by atoms with Crippen LogP contribution in [0.5, 0.6) is 0 Å². The van der Waals surface area contributed by atoms with Crippen molar-refractivity contribution in [1.82, 2.24) is 15.5 Å². The molecule has 1 rings (SSSR count). The van der Waals surface area contributed by atoms with Gasteiger partial charge in [0, 0.05) is 19.7 Å². The van der Waals surface area contributed by atoms with E-state index in [0.29, 0.717) is 25.6 Å². The standard InChI is InChI=1S/C15H31N3O2/c1-13(2)20-9-5-8-17-15(19)12-18(3)11-14-6-4-7-16-10-14/h13-14,16H,4-12H2,1-3H3,(H,17,19). The summed E-state index contributed by atoms with van der Waals surface area (Å²) in [6.45, 7) is 9.16. The maximum atomic E-state index is 11.8. The SMILES string of the molecule is CC(C)OCCCNC(=O)CN(C)CC1CCCNC1. The summed E-state index contributed by atoms with van der Waals surface area (Å²) in [5.41, 5.74) is 0. The number of ether oxygens (including phenoxy) is 1. The highest BCUT2D eigenvalue weighted by atomic mass is 16.5. The maximum absolute atomic E-state index is 11.8. The van der Waals surface area contributed by atoms with Gasteiger partial charge in [0.15, 0.2) is 0 Å². The Morgan fingerprint density at radius 2 is 2.30 bits per heavy atom. The molecule has 0 aromatic heterocycles. The van der Waals surface area contributed by atoms with Gasteiger partial charge in [-0.3, -0.25) is 9.69 Å². The lowest BCUT2D eigenvalue weighted by atomic mass is 9.99. The van der Waals surface area contributed by atoms with Crippen LogP contribution in [0, 0.1) is 5.92 Å². The van der Waals surface area contributed by atoms with Crippen LogP contribution in [-0.4, -0.2) is 63.3 Å². The monoisotopic (exact) mass is 285 g/mol. The van der Waals surface area contributed by atoms with Crippen molar-refractivity contribution in [2.24, 2.45) is 5.92 Å². The van der Waals surface area contributed by atoms with Crippen molar-refractivity contribution in [3.05, 3.63) is 0 Å². The van der Waals surface area contributed by atoms with Crippen molar-refractivity contribution >= 4 is 5.91 Å². The average molecular weight is 285 g/mol. The fourth-order valence-electron chi connectivity index (χ4n) is 2.51. The molecule has 0 spiro atoms. The molecule has 0 bridgehead atoms. The second kappa shape index (κ2) is 10.1. The van der Waals surface area contributed by atoms with Gasteiger partial charge in [-0.2, -0.15) is 0 Å². The van der Waals surface area contributed by atoms with E-state index in [-0.39, 0.29) is 12.0 Å². The number of hydrogen-bond acceptors (Lipinski definition) is 4. The van der Waals surface area contributed by atoms with Crippen LogP contribution in [0.3, 0.4) is 0 Å². The fourth-order valence-corrected chi connectivity index (χ4v) is 2.51. The molecule has 0 aromatic carbocycles. The van der Waals surface area contributed by atoms with Crippen LogP contribution in [0.1, 0.15) is 33.1 Å². The van der Waals surface area contributed by atoms with Crippen molar-refractivity contribution in [2.75, 3.05) is 46.4 Å². The molecule has 118 valence electrons. The van der Waals surface area contributed by atoms with E-state index in [1.54, 1.807) is 0 Å². The summed E-state index contributed by atoms with van der Waals surface area (Å²) < 4.78 is 5.44. The van der Waals surface area contributed by atoms with E-state index in [2.05, 4.69) is 15.5 Å². The van der Waals surface area contributed by atoms with E-state index in [1.807, 2.05) is 20.9 Å². The maximum Gasteiger partial charge on any atom is 0.234 e. The molecule has 1 saturated heterocycles. The molecule has 2 N–H and O–H groups in total. The van der Waals surface area contributed by atoms with E-state index >= 15 is 0 Å². The summed E-state index contributed by atoms with van der Waals surface area (Å²) in [4.78, 5) is 13.9. The Bertz CT molecular complexity index is 266. The van der Waals surface area contributed by atoms with Crippen LogP contribution in [0.15, 0.2) is 0 Å². The second-order valence-electron chi connectivity index (χ2n) is 6.03. The Kier molecular flexibility index (Phi) is 8.82. The van der Waals surface area contributed by atoms with Crippen LogP contribution in [-0.2, 0) is 9.53 Å². The molecular formula is C15H31N3O2. The molecule has 0 radical (unpaired) electrons. The Labute approximate surface area is 123 Å². The van der Waals surface area contributed by atoms with Crippen LogP contribution in [0.25, 0.3) is 0 Å². The van der Waals surface area contributed by atoms with Gasteiger partial charge >= 0.3 is 0 Å².